The van der Waals surface area contributed by atoms with Gasteiger partial charge in [0.15, 0.2) is 5.13 Å². The van der Waals surface area contributed by atoms with Crippen molar-refractivity contribution in [1.29, 1.82) is 0 Å². The molecule has 0 spiro atoms. The van der Waals surface area contributed by atoms with Crippen LogP contribution in [0, 0.1) is 0 Å². The highest BCUT2D eigenvalue weighted by Crippen LogP contribution is 2.28. The molecule has 1 aliphatic heterocycles. The van der Waals surface area contributed by atoms with E-state index in [0.717, 1.165) is 23.4 Å². The van der Waals surface area contributed by atoms with Crippen LogP contribution in [-0.4, -0.2) is 41.7 Å². The lowest BCUT2D eigenvalue weighted by atomic mass is 9.96. The maximum atomic E-state index is 12.4. The minimum atomic E-state index is -0.525. The van der Waals surface area contributed by atoms with Gasteiger partial charge in [0.25, 0.3) is 0 Å². The van der Waals surface area contributed by atoms with Crippen molar-refractivity contribution in [3.05, 3.63) is 10.6 Å². The number of thiazole rings is 1. The van der Waals surface area contributed by atoms with Crippen LogP contribution in [0.2, 0.25) is 0 Å². The Morgan fingerprint density at radius 1 is 1.30 bits per heavy atom. The third-order valence-electron chi connectivity index (χ3n) is 4.35. The van der Waals surface area contributed by atoms with E-state index in [4.69, 9.17) is 0 Å². The predicted octanol–water partition coefficient (Wildman–Crippen LogP) is 2.72. The highest BCUT2D eigenvalue weighted by Gasteiger charge is 2.26. The van der Waals surface area contributed by atoms with E-state index in [9.17, 15) is 9.59 Å². The number of carbonyl (C=O) groups is 2. The number of methoxy groups -OCH3 is 1. The molecule has 1 fully saturated rings. The third-order valence-corrected chi connectivity index (χ3v) is 5.34. The second-order valence-corrected chi connectivity index (χ2v) is 7.05. The minimum absolute atomic E-state index is 0.0124. The number of amides is 3. The Kier molecular flexibility index (Phi) is 5.00. The zero-order valence-electron chi connectivity index (χ0n) is 13.3. The lowest BCUT2D eigenvalue weighted by molar-refractivity contribution is 0.185. The smallest absolute Gasteiger partial charge is 0.413 e. The molecule has 1 aromatic rings. The third kappa shape index (κ3) is 3.93. The zero-order valence-corrected chi connectivity index (χ0v) is 14.1. The summed E-state index contributed by atoms with van der Waals surface area (Å²) in [6, 6.07) is 0.328. The number of aromatic nitrogens is 1. The predicted molar refractivity (Wildman–Crippen MR) is 87.7 cm³/mol. The summed E-state index contributed by atoms with van der Waals surface area (Å²) in [4.78, 5) is 30.9. The SMILES string of the molecule is COC(=O)Nc1nc2c(s1)CN(C(=O)NC1CCCCC1)CC2. The first-order valence-corrected chi connectivity index (χ1v) is 8.86. The van der Waals surface area contributed by atoms with Crippen LogP contribution >= 0.6 is 11.3 Å². The number of hydrogen-bond acceptors (Lipinski definition) is 5. The van der Waals surface area contributed by atoms with Gasteiger partial charge in [-0.05, 0) is 12.8 Å². The summed E-state index contributed by atoms with van der Waals surface area (Å²) in [6.07, 6.45) is 6.03. The Balaban J connectivity index is 1.58. The Bertz CT molecular complexity index is 583. The van der Waals surface area contributed by atoms with Crippen LogP contribution in [0.15, 0.2) is 0 Å². The Hall–Kier alpha value is -1.83. The molecule has 8 heteroatoms. The molecule has 1 aliphatic carbocycles. The van der Waals surface area contributed by atoms with Crippen molar-refractivity contribution >= 4 is 28.6 Å². The molecule has 2 N–H and O–H groups in total. The van der Waals surface area contributed by atoms with E-state index in [1.54, 1.807) is 0 Å². The first-order valence-electron chi connectivity index (χ1n) is 8.04. The molecule has 0 saturated heterocycles. The first-order chi connectivity index (χ1) is 11.2. The van der Waals surface area contributed by atoms with Crippen molar-refractivity contribution in [2.24, 2.45) is 0 Å². The number of fused-ring (bicyclic) bond motifs is 1. The maximum Gasteiger partial charge on any atom is 0.413 e. The summed E-state index contributed by atoms with van der Waals surface area (Å²) < 4.78 is 4.57. The van der Waals surface area contributed by atoms with Crippen LogP contribution < -0.4 is 10.6 Å². The molecule has 0 unspecified atom stereocenters. The number of ether oxygens (including phenoxy) is 1. The minimum Gasteiger partial charge on any atom is -0.453 e. The van der Waals surface area contributed by atoms with Gasteiger partial charge in [-0.2, -0.15) is 0 Å². The lowest BCUT2D eigenvalue weighted by Gasteiger charge is -2.30. The van der Waals surface area contributed by atoms with Gasteiger partial charge in [0.2, 0.25) is 0 Å². The number of nitrogens with one attached hydrogen (secondary N) is 2. The van der Waals surface area contributed by atoms with Gasteiger partial charge in [-0.15, -0.1) is 0 Å². The van der Waals surface area contributed by atoms with Crippen LogP contribution in [0.3, 0.4) is 0 Å². The summed E-state index contributed by atoms with van der Waals surface area (Å²) in [7, 11) is 1.32. The van der Waals surface area contributed by atoms with Crippen molar-refractivity contribution in [3.63, 3.8) is 0 Å². The highest BCUT2D eigenvalue weighted by atomic mass is 32.1. The number of hydrogen-bond donors (Lipinski definition) is 2. The molecule has 3 amide bonds. The van der Waals surface area contributed by atoms with Crippen LogP contribution in [0.4, 0.5) is 14.7 Å². The fourth-order valence-corrected chi connectivity index (χ4v) is 4.08. The van der Waals surface area contributed by atoms with E-state index in [1.807, 2.05) is 4.90 Å². The van der Waals surface area contributed by atoms with Gasteiger partial charge in [0.1, 0.15) is 0 Å². The van der Waals surface area contributed by atoms with E-state index >= 15 is 0 Å². The van der Waals surface area contributed by atoms with Crippen molar-refractivity contribution in [3.8, 4) is 0 Å². The number of rotatable bonds is 2. The molecule has 0 bridgehead atoms. The van der Waals surface area contributed by atoms with Gasteiger partial charge in [0, 0.05) is 23.9 Å². The van der Waals surface area contributed by atoms with Gasteiger partial charge in [-0.1, -0.05) is 30.6 Å². The normalized spacial score (nSPS) is 18.2. The average Bonchev–Trinajstić information content (AvgIpc) is 2.96. The Labute approximate surface area is 139 Å². The van der Waals surface area contributed by atoms with Crippen molar-refractivity contribution in [1.82, 2.24) is 15.2 Å². The van der Waals surface area contributed by atoms with Crippen molar-refractivity contribution in [2.75, 3.05) is 19.0 Å². The number of carbonyl (C=O) groups excluding carboxylic acids is 2. The fraction of sp³-hybridized carbons (Fsp3) is 0.667. The van der Waals surface area contributed by atoms with Gasteiger partial charge >= 0.3 is 12.1 Å². The summed E-state index contributed by atoms with van der Waals surface area (Å²) in [5.74, 6) is 0. The molecule has 2 aliphatic rings. The van der Waals surface area contributed by atoms with E-state index in [-0.39, 0.29) is 6.03 Å². The van der Waals surface area contributed by atoms with E-state index in [0.29, 0.717) is 30.7 Å². The highest BCUT2D eigenvalue weighted by molar-refractivity contribution is 7.15. The van der Waals surface area contributed by atoms with Crippen LogP contribution in [-0.2, 0) is 17.7 Å². The summed E-state index contributed by atoms with van der Waals surface area (Å²) >= 11 is 1.40. The quantitative estimate of drug-likeness (QED) is 0.868. The van der Waals surface area contributed by atoms with Gasteiger partial charge in [-0.25, -0.2) is 14.6 Å². The second kappa shape index (κ2) is 7.16. The molecule has 7 nitrogen and oxygen atoms in total. The molecule has 1 saturated carbocycles. The molecule has 0 atom stereocenters. The first kappa shape index (κ1) is 16.0. The number of anilines is 1. The Morgan fingerprint density at radius 2 is 2.09 bits per heavy atom. The standard InChI is InChI=1S/C15H22N4O3S/c1-22-15(21)18-13-17-11-7-8-19(9-12(11)23-13)14(20)16-10-5-3-2-4-6-10/h10H,2-9H2,1H3,(H,16,20)(H,17,18,21). The largest absolute Gasteiger partial charge is 0.453 e. The molecular weight excluding hydrogens is 316 g/mol. The van der Waals surface area contributed by atoms with Crippen molar-refractivity contribution < 1.29 is 14.3 Å². The topological polar surface area (TPSA) is 83.6 Å². The second-order valence-electron chi connectivity index (χ2n) is 5.96. The monoisotopic (exact) mass is 338 g/mol. The number of nitrogens with zero attached hydrogens (tertiary/aromatic N) is 2. The van der Waals surface area contributed by atoms with Crippen LogP contribution in [0.1, 0.15) is 42.7 Å². The Morgan fingerprint density at radius 3 is 2.83 bits per heavy atom. The molecule has 3 rings (SSSR count). The number of urea groups is 1. The molecule has 126 valence electrons. The molecule has 2 heterocycles. The maximum absolute atomic E-state index is 12.4. The molecule has 0 aromatic carbocycles. The fourth-order valence-electron chi connectivity index (χ4n) is 3.07. The molecular formula is C15H22N4O3S. The van der Waals surface area contributed by atoms with Crippen LogP contribution in [0.5, 0.6) is 0 Å². The lowest BCUT2D eigenvalue weighted by Crippen LogP contribution is -2.47. The van der Waals surface area contributed by atoms with E-state index in [2.05, 4.69) is 20.4 Å². The van der Waals surface area contributed by atoms with E-state index in [1.165, 1.54) is 37.7 Å². The molecule has 1 aromatic heterocycles. The zero-order chi connectivity index (χ0) is 16.2. The van der Waals surface area contributed by atoms with Crippen LogP contribution in [0.25, 0.3) is 0 Å². The van der Waals surface area contributed by atoms with Gasteiger partial charge in [-0.3, -0.25) is 5.32 Å². The van der Waals surface area contributed by atoms with Gasteiger partial charge < -0.3 is 15.0 Å². The molecule has 0 radical (unpaired) electrons. The molecule has 23 heavy (non-hydrogen) atoms. The summed E-state index contributed by atoms with van der Waals surface area (Å²) in [5, 5.41) is 6.26. The average molecular weight is 338 g/mol. The van der Waals surface area contributed by atoms with Gasteiger partial charge in [0.05, 0.1) is 19.3 Å². The summed E-state index contributed by atoms with van der Waals surface area (Å²) in [5.41, 5.74) is 0.961. The summed E-state index contributed by atoms with van der Waals surface area (Å²) in [6.45, 7) is 1.21. The van der Waals surface area contributed by atoms with Crippen molar-refractivity contribution in [2.45, 2.75) is 51.1 Å². The van der Waals surface area contributed by atoms with E-state index < -0.39 is 6.09 Å².